The SMILES string of the molecule is COc1ccc(C(O)c2ccc(F)c(Br)c2)c(C)c1. The highest BCUT2D eigenvalue weighted by Crippen LogP contribution is 2.29. The summed E-state index contributed by atoms with van der Waals surface area (Å²) in [7, 11) is 1.60. The minimum absolute atomic E-state index is 0.343. The molecule has 0 fully saturated rings. The van der Waals surface area contributed by atoms with Crippen LogP contribution in [-0.4, -0.2) is 12.2 Å². The van der Waals surface area contributed by atoms with Crippen LogP contribution in [0.15, 0.2) is 40.9 Å². The molecule has 2 nitrogen and oxygen atoms in total. The van der Waals surface area contributed by atoms with Crippen LogP contribution in [-0.2, 0) is 0 Å². The number of benzene rings is 2. The van der Waals surface area contributed by atoms with Gasteiger partial charge in [0, 0.05) is 0 Å². The predicted molar refractivity (Wildman–Crippen MR) is 75.9 cm³/mol. The van der Waals surface area contributed by atoms with E-state index < -0.39 is 6.10 Å². The third kappa shape index (κ3) is 2.96. The minimum atomic E-state index is -0.789. The summed E-state index contributed by atoms with van der Waals surface area (Å²) in [5, 5.41) is 10.4. The Morgan fingerprint density at radius 3 is 2.53 bits per heavy atom. The van der Waals surface area contributed by atoms with Crippen LogP contribution in [0.5, 0.6) is 5.75 Å². The van der Waals surface area contributed by atoms with Crippen molar-refractivity contribution in [3.8, 4) is 5.75 Å². The molecule has 0 amide bonds. The molecule has 0 spiro atoms. The van der Waals surface area contributed by atoms with Gasteiger partial charge in [-0.1, -0.05) is 12.1 Å². The number of ether oxygens (including phenoxy) is 1. The van der Waals surface area contributed by atoms with Gasteiger partial charge in [0.2, 0.25) is 0 Å². The van der Waals surface area contributed by atoms with Gasteiger partial charge in [0.25, 0.3) is 0 Å². The first-order valence-electron chi connectivity index (χ1n) is 5.80. The number of methoxy groups -OCH3 is 1. The van der Waals surface area contributed by atoms with Crippen molar-refractivity contribution in [2.24, 2.45) is 0 Å². The van der Waals surface area contributed by atoms with Crippen LogP contribution < -0.4 is 4.74 Å². The molecule has 0 saturated heterocycles. The Labute approximate surface area is 120 Å². The number of hydrogen-bond acceptors (Lipinski definition) is 2. The normalized spacial score (nSPS) is 12.3. The molecule has 0 bridgehead atoms. The van der Waals surface area contributed by atoms with Crippen molar-refractivity contribution in [2.75, 3.05) is 7.11 Å². The Hall–Kier alpha value is -1.39. The van der Waals surface area contributed by atoms with Gasteiger partial charge < -0.3 is 9.84 Å². The Kier molecular flexibility index (Phi) is 4.22. The molecule has 19 heavy (non-hydrogen) atoms. The second-order valence-corrected chi connectivity index (χ2v) is 5.15. The van der Waals surface area contributed by atoms with Crippen LogP contribution in [0.25, 0.3) is 0 Å². The molecule has 4 heteroatoms. The van der Waals surface area contributed by atoms with Gasteiger partial charge in [0.15, 0.2) is 0 Å². The minimum Gasteiger partial charge on any atom is -0.497 e. The first-order valence-corrected chi connectivity index (χ1v) is 6.59. The lowest BCUT2D eigenvalue weighted by Gasteiger charge is -2.15. The van der Waals surface area contributed by atoms with E-state index in [-0.39, 0.29) is 5.82 Å². The fourth-order valence-electron chi connectivity index (χ4n) is 1.94. The van der Waals surface area contributed by atoms with Crippen LogP contribution in [0.3, 0.4) is 0 Å². The van der Waals surface area contributed by atoms with Gasteiger partial charge in [-0.25, -0.2) is 4.39 Å². The molecule has 1 N–H and O–H groups in total. The summed E-state index contributed by atoms with van der Waals surface area (Å²) >= 11 is 3.12. The zero-order valence-corrected chi connectivity index (χ0v) is 12.2. The van der Waals surface area contributed by atoms with E-state index in [4.69, 9.17) is 4.74 Å². The van der Waals surface area contributed by atoms with Gasteiger partial charge in [0.05, 0.1) is 11.6 Å². The lowest BCUT2D eigenvalue weighted by Crippen LogP contribution is -2.02. The maximum Gasteiger partial charge on any atom is 0.137 e. The first kappa shape index (κ1) is 14.0. The summed E-state index contributed by atoms with van der Waals surface area (Å²) in [5.41, 5.74) is 2.34. The second-order valence-electron chi connectivity index (χ2n) is 4.30. The molecular formula is C15H14BrFO2. The van der Waals surface area contributed by atoms with E-state index in [1.54, 1.807) is 25.3 Å². The van der Waals surface area contributed by atoms with E-state index in [0.29, 0.717) is 10.0 Å². The lowest BCUT2D eigenvalue weighted by atomic mass is 9.97. The summed E-state index contributed by atoms with van der Waals surface area (Å²) in [6, 6.07) is 9.97. The van der Waals surface area contributed by atoms with Gasteiger partial charge in [0.1, 0.15) is 17.7 Å². The van der Waals surface area contributed by atoms with Crippen LogP contribution in [0, 0.1) is 12.7 Å². The summed E-state index contributed by atoms with van der Waals surface area (Å²) in [6.45, 7) is 1.90. The molecule has 2 aromatic rings. The standard InChI is InChI=1S/C15H14BrFO2/c1-9-7-11(19-2)4-5-12(9)15(18)10-3-6-14(17)13(16)8-10/h3-8,15,18H,1-2H3. The van der Waals surface area contributed by atoms with Gasteiger partial charge in [-0.05, 0) is 63.8 Å². The topological polar surface area (TPSA) is 29.5 Å². The van der Waals surface area contributed by atoms with Crippen molar-refractivity contribution < 1.29 is 14.2 Å². The summed E-state index contributed by atoms with van der Waals surface area (Å²) in [6.07, 6.45) is -0.789. The Morgan fingerprint density at radius 2 is 1.95 bits per heavy atom. The molecule has 0 heterocycles. The quantitative estimate of drug-likeness (QED) is 0.925. The third-order valence-electron chi connectivity index (χ3n) is 3.03. The van der Waals surface area contributed by atoms with Crippen molar-refractivity contribution in [1.82, 2.24) is 0 Å². The van der Waals surface area contributed by atoms with Gasteiger partial charge in [-0.15, -0.1) is 0 Å². The highest BCUT2D eigenvalue weighted by atomic mass is 79.9. The number of aliphatic hydroxyl groups excluding tert-OH is 1. The molecule has 0 aliphatic carbocycles. The maximum absolute atomic E-state index is 13.2. The fourth-order valence-corrected chi connectivity index (χ4v) is 2.34. The van der Waals surface area contributed by atoms with Gasteiger partial charge in [-0.2, -0.15) is 0 Å². The van der Waals surface area contributed by atoms with E-state index in [1.165, 1.54) is 6.07 Å². The average molecular weight is 325 g/mol. The van der Waals surface area contributed by atoms with Gasteiger partial charge in [-0.3, -0.25) is 0 Å². The largest absolute Gasteiger partial charge is 0.497 e. The molecular weight excluding hydrogens is 311 g/mol. The van der Waals surface area contributed by atoms with Crippen LogP contribution in [0.4, 0.5) is 4.39 Å². The summed E-state index contributed by atoms with van der Waals surface area (Å²) in [5.74, 6) is 0.399. The van der Waals surface area contributed by atoms with E-state index in [1.807, 2.05) is 19.1 Å². The predicted octanol–water partition coefficient (Wildman–Crippen LogP) is 3.99. The molecule has 0 aliphatic rings. The Balaban J connectivity index is 2.38. The van der Waals surface area contributed by atoms with Gasteiger partial charge >= 0.3 is 0 Å². The fraction of sp³-hybridized carbons (Fsp3) is 0.200. The van der Waals surface area contributed by atoms with E-state index in [9.17, 15) is 9.50 Å². The third-order valence-corrected chi connectivity index (χ3v) is 3.64. The molecule has 0 aliphatic heterocycles. The van der Waals surface area contributed by atoms with Crippen molar-refractivity contribution in [3.05, 3.63) is 63.4 Å². The smallest absolute Gasteiger partial charge is 0.137 e. The molecule has 0 aromatic heterocycles. The number of rotatable bonds is 3. The van der Waals surface area contributed by atoms with E-state index in [2.05, 4.69) is 15.9 Å². The number of aryl methyl sites for hydroxylation is 1. The van der Waals surface area contributed by atoms with Crippen LogP contribution in [0.2, 0.25) is 0 Å². The summed E-state index contributed by atoms with van der Waals surface area (Å²) < 4.78 is 18.7. The van der Waals surface area contributed by atoms with Crippen LogP contribution in [0.1, 0.15) is 22.8 Å². The van der Waals surface area contributed by atoms with E-state index in [0.717, 1.165) is 16.9 Å². The highest BCUT2D eigenvalue weighted by molar-refractivity contribution is 9.10. The van der Waals surface area contributed by atoms with Crippen molar-refractivity contribution in [1.29, 1.82) is 0 Å². The van der Waals surface area contributed by atoms with Crippen molar-refractivity contribution in [2.45, 2.75) is 13.0 Å². The summed E-state index contributed by atoms with van der Waals surface area (Å²) in [4.78, 5) is 0. The number of hydrogen-bond donors (Lipinski definition) is 1. The van der Waals surface area contributed by atoms with Crippen molar-refractivity contribution >= 4 is 15.9 Å². The molecule has 2 aromatic carbocycles. The second kappa shape index (κ2) is 5.72. The monoisotopic (exact) mass is 324 g/mol. The Morgan fingerprint density at radius 1 is 1.21 bits per heavy atom. The average Bonchev–Trinajstić information content (AvgIpc) is 2.41. The molecule has 0 radical (unpaired) electrons. The molecule has 0 saturated carbocycles. The number of halogens is 2. The zero-order chi connectivity index (χ0) is 14.0. The number of aliphatic hydroxyl groups is 1. The molecule has 1 unspecified atom stereocenters. The maximum atomic E-state index is 13.2. The molecule has 100 valence electrons. The highest BCUT2D eigenvalue weighted by Gasteiger charge is 2.14. The molecule has 2 rings (SSSR count). The molecule has 1 atom stereocenters. The van der Waals surface area contributed by atoms with E-state index >= 15 is 0 Å². The Bertz CT molecular complexity index is 599. The zero-order valence-electron chi connectivity index (χ0n) is 10.7. The first-order chi connectivity index (χ1) is 9.02. The van der Waals surface area contributed by atoms with Crippen molar-refractivity contribution in [3.63, 3.8) is 0 Å². The van der Waals surface area contributed by atoms with Crippen LogP contribution >= 0.6 is 15.9 Å². The lowest BCUT2D eigenvalue weighted by molar-refractivity contribution is 0.219.